The third kappa shape index (κ3) is 2.38. The number of pyridine rings is 1. The maximum atomic E-state index is 6.02. The number of aromatic nitrogens is 1. The van der Waals surface area contributed by atoms with Gasteiger partial charge in [-0.2, -0.15) is 0 Å². The Labute approximate surface area is 101 Å². The summed E-state index contributed by atoms with van der Waals surface area (Å²) in [4.78, 5) is 4.54. The smallest absolute Gasteiger partial charge is 0.130 e. The predicted molar refractivity (Wildman–Crippen MR) is 68.9 cm³/mol. The molecule has 1 unspecified atom stereocenters. The fourth-order valence-corrected chi connectivity index (χ4v) is 1.85. The van der Waals surface area contributed by atoms with Crippen LogP contribution in [0.3, 0.4) is 0 Å². The Balaban J connectivity index is 2.52. The second-order valence-electron chi connectivity index (χ2n) is 3.95. The lowest BCUT2D eigenvalue weighted by Crippen LogP contribution is -2.16. The summed E-state index contributed by atoms with van der Waals surface area (Å²) < 4.78 is 5.37. The fourth-order valence-electron chi connectivity index (χ4n) is 1.85. The van der Waals surface area contributed by atoms with E-state index >= 15 is 0 Å². The number of fused-ring (bicyclic) bond motifs is 1. The number of nitrogens with zero attached hydrogens (tertiary/aromatic N) is 1. The molecule has 0 aliphatic heterocycles. The van der Waals surface area contributed by atoms with Gasteiger partial charge >= 0.3 is 0 Å². The number of hydrogen-bond donors (Lipinski definition) is 2. The average Bonchev–Trinajstić information content (AvgIpc) is 2.37. The average molecular weight is 231 g/mol. The molecule has 0 aliphatic carbocycles. The van der Waals surface area contributed by atoms with Crippen LogP contribution >= 0.6 is 0 Å². The molecule has 4 heteroatoms. The van der Waals surface area contributed by atoms with Gasteiger partial charge in [-0.1, -0.05) is 12.1 Å². The molecule has 4 N–H and O–H groups in total. The molecule has 0 amide bonds. The molecule has 0 spiro atoms. The molecule has 2 rings (SSSR count). The molecule has 0 saturated carbocycles. The van der Waals surface area contributed by atoms with Gasteiger partial charge in [0.15, 0.2) is 0 Å². The Hall–Kier alpha value is -1.65. The normalized spacial score (nSPS) is 12.6. The number of para-hydroxylation sites is 1. The molecule has 2 aromatic rings. The minimum absolute atomic E-state index is 0.140. The molecule has 0 saturated heterocycles. The van der Waals surface area contributed by atoms with Gasteiger partial charge in [0.2, 0.25) is 0 Å². The Morgan fingerprint density at radius 2 is 2.12 bits per heavy atom. The highest BCUT2D eigenvalue weighted by atomic mass is 16.5. The molecule has 1 atom stereocenters. The van der Waals surface area contributed by atoms with Crippen LogP contribution in [0.1, 0.15) is 18.2 Å². The van der Waals surface area contributed by atoms with Crippen molar-refractivity contribution in [2.45, 2.75) is 12.5 Å². The molecular weight excluding hydrogens is 214 g/mol. The lowest BCUT2D eigenvalue weighted by atomic mass is 10.1. The van der Waals surface area contributed by atoms with Crippen LogP contribution in [-0.4, -0.2) is 18.6 Å². The van der Waals surface area contributed by atoms with Crippen LogP contribution in [0.15, 0.2) is 30.3 Å². The van der Waals surface area contributed by atoms with Gasteiger partial charge in [0, 0.05) is 17.5 Å². The van der Waals surface area contributed by atoms with Gasteiger partial charge in [-0.25, -0.2) is 0 Å². The molecule has 0 fully saturated rings. The number of ether oxygens (including phenoxy) is 1. The largest absolute Gasteiger partial charge is 0.496 e. The zero-order valence-corrected chi connectivity index (χ0v) is 9.89. The highest BCUT2D eigenvalue weighted by molar-refractivity contribution is 5.85. The second-order valence-corrected chi connectivity index (χ2v) is 3.95. The standard InChI is InChI=1S/C13H17N3O/c1-17-13-8-12(10(15)6-7-14)16-11-5-3-2-4-9(11)13/h2-5,8,10H,6-7,14-15H2,1H3. The summed E-state index contributed by atoms with van der Waals surface area (Å²) in [6.45, 7) is 0.554. The summed E-state index contributed by atoms with van der Waals surface area (Å²) in [5.74, 6) is 0.804. The Morgan fingerprint density at radius 3 is 2.82 bits per heavy atom. The summed E-state index contributed by atoms with van der Waals surface area (Å²) in [5, 5.41) is 0.999. The predicted octanol–water partition coefficient (Wildman–Crippen LogP) is 1.59. The van der Waals surface area contributed by atoms with E-state index in [-0.39, 0.29) is 6.04 Å². The highest BCUT2D eigenvalue weighted by Crippen LogP contribution is 2.27. The van der Waals surface area contributed by atoms with Crippen molar-refractivity contribution >= 4 is 10.9 Å². The molecular formula is C13H17N3O. The molecule has 4 nitrogen and oxygen atoms in total. The van der Waals surface area contributed by atoms with Crippen molar-refractivity contribution in [1.82, 2.24) is 4.98 Å². The van der Waals surface area contributed by atoms with E-state index in [1.54, 1.807) is 7.11 Å². The number of hydrogen-bond acceptors (Lipinski definition) is 4. The van der Waals surface area contributed by atoms with Gasteiger partial charge in [0.25, 0.3) is 0 Å². The third-order valence-corrected chi connectivity index (χ3v) is 2.78. The Morgan fingerprint density at radius 1 is 1.35 bits per heavy atom. The van der Waals surface area contributed by atoms with E-state index in [4.69, 9.17) is 16.2 Å². The van der Waals surface area contributed by atoms with E-state index in [0.29, 0.717) is 13.0 Å². The second kappa shape index (κ2) is 5.12. The first-order valence-electron chi connectivity index (χ1n) is 5.65. The third-order valence-electron chi connectivity index (χ3n) is 2.78. The van der Waals surface area contributed by atoms with Crippen LogP contribution in [-0.2, 0) is 0 Å². The van der Waals surface area contributed by atoms with Crippen molar-refractivity contribution in [3.05, 3.63) is 36.0 Å². The van der Waals surface area contributed by atoms with Crippen LogP contribution < -0.4 is 16.2 Å². The van der Waals surface area contributed by atoms with Crippen molar-refractivity contribution in [3.8, 4) is 5.75 Å². The number of methoxy groups -OCH3 is 1. The zero-order chi connectivity index (χ0) is 12.3. The van der Waals surface area contributed by atoms with Gasteiger partial charge in [-0.3, -0.25) is 4.98 Å². The summed E-state index contributed by atoms with van der Waals surface area (Å²) in [7, 11) is 1.65. The topological polar surface area (TPSA) is 74.2 Å². The first kappa shape index (κ1) is 11.8. The SMILES string of the molecule is COc1cc(C(N)CCN)nc2ccccc12. The van der Waals surface area contributed by atoms with Crippen molar-refractivity contribution < 1.29 is 4.74 Å². The van der Waals surface area contributed by atoms with E-state index < -0.39 is 0 Å². The first-order valence-corrected chi connectivity index (χ1v) is 5.65. The molecule has 1 aromatic carbocycles. The van der Waals surface area contributed by atoms with Crippen LogP contribution in [0.5, 0.6) is 5.75 Å². The molecule has 1 heterocycles. The van der Waals surface area contributed by atoms with Crippen LogP contribution in [0.25, 0.3) is 10.9 Å². The number of nitrogens with two attached hydrogens (primary N) is 2. The van der Waals surface area contributed by atoms with Crippen LogP contribution in [0.4, 0.5) is 0 Å². The monoisotopic (exact) mass is 231 g/mol. The molecule has 90 valence electrons. The van der Waals surface area contributed by atoms with E-state index in [1.165, 1.54) is 0 Å². The minimum Gasteiger partial charge on any atom is -0.496 e. The lowest BCUT2D eigenvalue weighted by Gasteiger charge is -2.13. The summed E-state index contributed by atoms with van der Waals surface area (Å²) in [6, 6.07) is 9.61. The maximum absolute atomic E-state index is 6.02. The van der Waals surface area contributed by atoms with Crippen molar-refractivity contribution in [2.24, 2.45) is 11.5 Å². The number of benzene rings is 1. The lowest BCUT2D eigenvalue weighted by molar-refractivity contribution is 0.418. The molecule has 0 bridgehead atoms. The summed E-state index contributed by atoms with van der Waals surface area (Å²) in [5.41, 5.74) is 13.3. The van der Waals surface area contributed by atoms with Crippen molar-refractivity contribution in [3.63, 3.8) is 0 Å². The first-order chi connectivity index (χ1) is 8.26. The summed E-state index contributed by atoms with van der Waals surface area (Å²) in [6.07, 6.45) is 0.717. The maximum Gasteiger partial charge on any atom is 0.130 e. The van der Waals surface area contributed by atoms with E-state index in [0.717, 1.165) is 22.3 Å². The van der Waals surface area contributed by atoms with E-state index in [2.05, 4.69) is 4.98 Å². The molecule has 0 radical (unpaired) electrons. The van der Waals surface area contributed by atoms with Gasteiger partial charge < -0.3 is 16.2 Å². The molecule has 1 aromatic heterocycles. The van der Waals surface area contributed by atoms with E-state index in [9.17, 15) is 0 Å². The van der Waals surface area contributed by atoms with Gasteiger partial charge in [-0.15, -0.1) is 0 Å². The van der Waals surface area contributed by atoms with Gasteiger partial charge in [-0.05, 0) is 25.1 Å². The minimum atomic E-state index is -0.140. The van der Waals surface area contributed by atoms with E-state index in [1.807, 2.05) is 30.3 Å². The van der Waals surface area contributed by atoms with Crippen LogP contribution in [0.2, 0.25) is 0 Å². The van der Waals surface area contributed by atoms with Gasteiger partial charge in [0.1, 0.15) is 5.75 Å². The quantitative estimate of drug-likeness (QED) is 0.838. The highest BCUT2D eigenvalue weighted by Gasteiger charge is 2.11. The summed E-state index contributed by atoms with van der Waals surface area (Å²) >= 11 is 0. The molecule has 0 aliphatic rings. The fraction of sp³-hybridized carbons (Fsp3) is 0.308. The van der Waals surface area contributed by atoms with Crippen LogP contribution in [0, 0.1) is 0 Å². The van der Waals surface area contributed by atoms with Crippen molar-refractivity contribution in [1.29, 1.82) is 0 Å². The van der Waals surface area contributed by atoms with Crippen molar-refractivity contribution in [2.75, 3.05) is 13.7 Å². The Kier molecular flexibility index (Phi) is 3.56. The number of rotatable bonds is 4. The zero-order valence-electron chi connectivity index (χ0n) is 9.89. The van der Waals surface area contributed by atoms with Gasteiger partial charge in [0.05, 0.1) is 18.3 Å². The molecule has 17 heavy (non-hydrogen) atoms. The Bertz CT molecular complexity index is 513.